The highest BCUT2D eigenvalue weighted by atomic mass is 16.5. The standard InChI is InChI=1S/C17H12N4O4/c1-25-17(24)13-9-19-21-14-5-6-20(10-3-2-4-11(22)7-10)16(23)12(14)8-18-15(13)21/h2-9,22H,1H3. The van der Waals surface area contributed by atoms with Crippen LogP contribution in [0.25, 0.3) is 22.2 Å². The number of phenols is 1. The maximum atomic E-state index is 12.8. The Morgan fingerprint density at radius 1 is 1.24 bits per heavy atom. The van der Waals surface area contributed by atoms with E-state index in [0.29, 0.717) is 22.2 Å². The molecular weight excluding hydrogens is 324 g/mol. The van der Waals surface area contributed by atoms with Crippen LogP contribution < -0.4 is 5.56 Å². The summed E-state index contributed by atoms with van der Waals surface area (Å²) in [5, 5.41) is 14.1. The van der Waals surface area contributed by atoms with Gasteiger partial charge in [0, 0.05) is 18.5 Å². The zero-order valence-electron chi connectivity index (χ0n) is 13.1. The van der Waals surface area contributed by atoms with Crippen LogP contribution in [0.15, 0.2) is 53.7 Å². The molecule has 25 heavy (non-hydrogen) atoms. The Bertz CT molecular complexity index is 1190. The highest BCUT2D eigenvalue weighted by molar-refractivity contribution is 5.96. The first-order valence-electron chi connectivity index (χ1n) is 7.36. The smallest absolute Gasteiger partial charge is 0.343 e. The summed E-state index contributed by atoms with van der Waals surface area (Å²) in [7, 11) is 1.28. The van der Waals surface area contributed by atoms with Gasteiger partial charge in [-0.05, 0) is 18.2 Å². The van der Waals surface area contributed by atoms with Crippen LogP contribution in [0.2, 0.25) is 0 Å². The van der Waals surface area contributed by atoms with Gasteiger partial charge < -0.3 is 9.84 Å². The van der Waals surface area contributed by atoms with Crippen LogP contribution >= 0.6 is 0 Å². The fraction of sp³-hybridized carbons (Fsp3) is 0.0588. The number of methoxy groups -OCH3 is 1. The van der Waals surface area contributed by atoms with Crippen molar-refractivity contribution < 1.29 is 14.6 Å². The quantitative estimate of drug-likeness (QED) is 0.557. The molecule has 0 saturated carbocycles. The van der Waals surface area contributed by atoms with Gasteiger partial charge in [0.15, 0.2) is 5.65 Å². The van der Waals surface area contributed by atoms with Crippen LogP contribution in [0.5, 0.6) is 5.75 Å². The molecule has 3 aromatic heterocycles. The summed E-state index contributed by atoms with van der Waals surface area (Å²) in [6.07, 6.45) is 4.34. The van der Waals surface area contributed by atoms with Gasteiger partial charge in [-0.25, -0.2) is 14.3 Å². The molecular formula is C17H12N4O4. The van der Waals surface area contributed by atoms with Crippen molar-refractivity contribution in [3.05, 3.63) is 64.8 Å². The monoisotopic (exact) mass is 336 g/mol. The summed E-state index contributed by atoms with van der Waals surface area (Å²) in [6, 6.07) is 8.08. The lowest BCUT2D eigenvalue weighted by Crippen LogP contribution is -2.18. The Balaban J connectivity index is 1.98. The molecule has 0 radical (unpaired) electrons. The predicted octanol–water partition coefficient (Wildman–Crippen LogP) is 1.53. The van der Waals surface area contributed by atoms with Gasteiger partial charge in [0.05, 0.1) is 29.9 Å². The van der Waals surface area contributed by atoms with Crippen molar-refractivity contribution in [2.45, 2.75) is 0 Å². The van der Waals surface area contributed by atoms with E-state index in [2.05, 4.69) is 10.1 Å². The Labute approximate surface area is 140 Å². The molecule has 0 fully saturated rings. The number of ether oxygens (including phenoxy) is 1. The molecule has 0 bridgehead atoms. The number of rotatable bonds is 2. The van der Waals surface area contributed by atoms with E-state index < -0.39 is 5.97 Å². The van der Waals surface area contributed by atoms with E-state index >= 15 is 0 Å². The fourth-order valence-corrected chi connectivity index (χ4v) is 2.72. The molecule has 8 nitrogen and oxygen atoms in total. The van der Waals surface area contributed by atoms with Gasteiger partial charge in [0.25, 0.3) is 5.56 Å². The first-order chi connectivity index (χ1) is 12.1. The Hall–Kier alpha value is -3.68. The number of phenolic OH excluding ortho intramolecular Hbond substituents is 1. The summed E-state index contributed by atoms with van der Waals surface area (Å²) in [5.74, 6) is -0.483. The molecule has 1 N–H and O–H groups in total. The van der Waals surface area contributed by atoms with E-state index in [-0.39, 0.29) is 16.9 Å². The van der Waals surface area contributed by atoms with Gasteiger partial charge in [-0.2, -0.15) is 5.10 Å². The zero-order chi connectivity index (χ0) is 17.6. The Kier molecular flexibility index (Phi) is 3.24. The topological polar surface area (TPSA) is 98.7 Å². The van der Waals surface area contributed by atoms with Crippen molar-refractivity contribution in [2.75, 3.05) is 7.11 Å². The van der Waals surface area contributed by atoms with Crippen molar-refractivity contribution >= 4 is 22.5 Å². The molecule has 4 aromatic rings. The molecule has 0 spiro atoms. The first-order valence-corrected chi connectivity index (χ1v) is 7.36. The molecule has 0 aliphatic heterocycles. The average molecular weight is 336 g/mol. The highest BCUT2D eigenvalue weighted by Crippen LogP contribution is 2.18. The van der Waals surface area contributed by atoms with Crippen LogP contribution in [0.1, 0.15) is 10.4 Å². The van der Waals surface area contributed by atoms with Gasteiger partial charge in [-0.3, -0.25) is 9.36 Å². The maximum absolute atomic E-state index is 12.8. The summed E-state index contributed by atoms with van der Waals surface area (Å²) >= 11 is 0. The number of benzene rings is 1. The predicted molar refractivity (Wildman–Crippen MR) is 89.1 cm³/mol. The molecule has 0 amide bonds. The summed E-state index contributed by atoms with van der Waals surface area (Å²) < 4.78 is 7.53. The molecule has 124 valence electrons. The van der Waals surface area contributed by atoms with Crippen LogP contribution in [0.3, 0.4) is 0 Å². The summed E-state index contributed by atoms with van der Waals surface area (Å²) in [5.41, 5.74) is 1.27. The zero-order valence-corrected chi connectivity index (χ0v) is 13.1. The number of carbonyl (C=O) groups is 1. The van der Waals surface area contributed by atoms with E-state index in [4.69, 9.17) is 4.74 Å². The number of pyridine rings is 1. The minimum Gasteiger partial charge on any atom is -0.508 e. The first kappa shape index (κ1) is 14.9. The van der Waals surface area contributed by atoms with Gasteiger partial charge in [0.1, 0.15) is 11.3 Å². The lowest BCUT2D eigenvalue weighted by Gasteiger charge is -2.08. The second-order valence-corrected chi connectivity index (χ2v) is 5.35. The molecule has 1 aromatic carbocycles. The van der Waals surface area contributed by atoms with Gasteiger partial charge in [0.2, 0.25) is 0 Å². The third-order valence-corrected chi connectivity index (χ3v) is 3.91. The lowest BCUT2D eigenvalue weighted by atomic mass is 10.2. The van der Waals surface area contributed by atoms with Crippen molar-refractivity contribution in [3.8, 4) is 11.4 Å². The third-order valence-electron chi connectivity index (χ3n) is 3.91. The normalized spacial score (nSPS) is 11.1. The summed E-state index contributed by atoms with van der Waals surface area (Å²) in [4.78, 5) is 28.7. The van der Waals surface area contributed by atoms with Crippen molar-refractivity contribution in [3.63, 3.8) is 0 Å². The number of hydrogen-bond donors (Lipinski definition) is 1. The van der Waals surface area contributed by atoms with E-state index in [1.165, 1.54) is 40.7 Å². The minimum atomic E-state index is -0.546. The SMILES string of the molecule is COC(=O)c1cnn2c1ncc1c(=O)n(-c3cccc(O)c3)ccc12. The van der Waals surface area contributed by atoms with Crippen molar-refractivity contribution in [2.24, 2.45) is 0 Å². The Morgan fingerprint density at radius 3 is 2.84 bits per heavy atom. The molecule has 8 heteroatoms. The molecule has 0 saturated heterocycles. The molecule has 0 aliphatic rings. The van der Waals surface area contributed by atoms with Crippen LogP contribution in [-0.4, -0.2) is 37.4 Å². The molecule has 3 heterocycles. The van der Waals surface area contributed by atoms with Crippen LogP contribution in [0.4, 0.5) is 0 Å². The van der Waals surface area contributed by atoms with Gasteiger partial charge >= 0.3 is 5.97 Å². The number of fused-ring (bicyclic) bond motifs is 3. The number of aromatic nitrogens is 4. The number of carbonyl (C=O) groups excluding carboxylic acids is 1. The number of esters is 1. The van der Waals surface area contributed by atoms with E-state index in [1.807, 2.05) is 0 Å². The van der Waals surface area contributed by atoms with Crippen LogP contribution in [-0.2, 0) is 4.74 Å². The second-order valence-electron chi connectivity index (χ2n) is 5.35. The van der Waals surface area contributed by atoms with Crippen LogP contribution in [0, 0.1) is 0 Å². The fourth-order valence-electron chi connectivity index (χ4n) is 2.72. The van der Waals surface area contributed by atoms with Gasteiger partial charge in [-0.15, -0.1) is 0 Å². The molecule has 4 rings (SSSR count). The van der Waals surface area contributed by atoms with Gasteiger partial charge in [-0.1, -0.05) is 6.07 Å². The molecule has 0 aliphatic carbocycles. The Morgan fingerprint density at radius 2 is 2.08 bits per heavy atom. The minimum absolute atomic E-state index is 0.0628. The lowest BCUT2D eigenvalue weighted by molar-refractivity contribution is 0.0602. The van der Waals surface area contributed by atoms with Crippen molar-refractivity contribution in [1.29, 1.82) is 0 Å². The largest absolute Gasteiger partial charge is 0.508 e. The highest BCUT2D eigenvalue weighted by Gasteiger charge is 2.17. The number of nitrogens with zero attached hydrogens (tertiary/aromatic N) is 4. The molecule has 0 unspecified atom stereocenters. The van der Waals surface area contributed by atoms with E-state index in [9.17, 15) is 14.7 Å². The number of hydrogen-bond acceptors (Lipinski definition) is 6. The maximum Gasteiger partial charge on any atom is 0.343 e. The average Bonchev–Trinajstić information content (AvgIpc) is 3.06. The van der Waals surface area contributed by atoms with Crippen molar-refractivity contribution in [1.82, 2.24) is 19.2 Å². The van der Waals surface area contributed by atoms with E-state index in [1.54, 1.807) is 24.4 Å². The summed E-state index contributed by atoms with van der Waals surface area (Å²) in [6.45, 7) is 0. The second kappa shape index (κ2) is 5.45. The number of aromatic hydroxyl groups is 1. The van der Waals surface area contributed by atoms with E-state index in [0.717, 1.165) is 0 Å². The molecule has 0 atom stereocenters. The third kappa shape index (κ3) is 2.23.